The molecule has 4 heterocycles. The van der Waals surface area contributed by atoms with E-state index < -0.39 is 5.69 Å². The molecule has 0 saturated carbocycles. The van der Waals surface area contributed by atoms with Crippen molar-refractivity contribution in [1.82, 2.24) is 19.4 Å². The van der Waals surface area contributed by atoms with E-state index in [9.17, 15) is 14.4 Å². The van der Waals surface area contributed by atoms with Crippen LogP contribution in [0, 0.1) is 0 Å². The zero-order chi connectivity index (χ0) is 22.9. The number of amides is 1. The lowest BCUT2D eigenvalue weighted by molar-refractivity contribution is -0.121. The summed E-state index contributed by atoms with van der Waals surface area (Å²) in [6, 6.07) is 5.47. The number of hydrogen-bond donors (Lipinski definition) is 1. The van der Waals surface area contributed by atoms with E-state index in [0.717, 1.165) is 36.6 Å². The summed E-state index contributed by atoms with van der Waals surface area (Å²) in [5.41, 5.74) is 0.288. The van der Waals surface area contributed by atoms with Crippen LogP contribution >= 0.6 is 11.3 Å². The van der Waals surface area contributed by atoms with Crippen LogP contribution in [0.25, 0.3) is 10.3 Å². The Morgan fingerprint density at radius 3 is 2.73 bits per heavy atom. The van der Waals surface area contributed by atoms with Crippen LogP contribution in [0.2, 0.25) is 0 Å². The van der Waals surface area contributed by atoms with Gasteiger partial charge >= 0.3 is 5.69 Å². The molecule has 1 aromatic carbocycles. The number of rotatable bonds is 7. The van der Waals surface area contributed by atoms with Crippen molar-refractivity contribution in [2.75, 3.05) is 24.8 Å². The van der Waals surface area contributed by atoms with Crippen molar-refractivity contribution in [3.63, 3.8) is 0 Å². The fourth-order valence-corrected chi connectivity index (χ4v) is 5.20. The monoisotopic (exact) mass is 471 g/mol. The standard InChI is InChI=1S/C22H25N5O5S/c1-2-7-26-20(29)18-19(24-21(33-18)25-8-3-4-9-25)27(22(26)30)12-17(28)23-11-14-5-6-15-16(10-14)32-13-31-15/h5-6,10H,2-4,7-9,11-13H2,1H3,(H,23,28). The second-order valence-electron chi connectivity index (χ2n) is 8.13. The lowest BCUT2D eigenvalue weighted by atomic mass is 10.2. The first kappa shape index (κ1) is 21.5. The molecule has 3 aromatic rings. The van der Waals surface area contributed by atoms with Gasteiger partial charge in [-0.1, -0.05) is 24.3 Å². The molecule has 0 bridgehead atoms. The van der Waals surface area contributed by atoms with E-state index in [2.05, 4.69) is 15.2 Å². The third-order valence-electron chi connectivity index (χ3n) is 5.81. The van der Waals surface area contributed by atoms with Gasteiger partial charge in [-0.05, 0) is 37.0 Å². The van der Waals surface area contributed by atoms with Crippen LogP contribution in [0.5, 0.6) is 11.5 Å². The van der Waals surface area contributed by atoms with Crippen LogP contribution < -0.4 is 30.9 Å². The zero-order valence-electron chi connectivity index (χ0n) is 18.3. The number of carbonyl (C=O) groups excluding carboxylic acids is 1. The lowest BCUT2D eigenvalue weighted by Crippen LogP contribution is -2.42. The minimum Gasteiger partial charge on any atom is -0.454 e. The Morgan fingerprint density at radius 2 is 1.94 bits per heavy atom. The molecule has 1 fully saturated rings. The van der Waals surface area contributed by atoms with Gasteiger partial charge in [0.2, 0.25) is 12.7 Å². The minimum atomic E-state index is -0.508. The summed E-state index contributed by atoms with van der Waals surface area (Å²) in [5.74, 6) is 0.978. The third kappa shape index (κ3) is 4.08. The van der Waals surface area contributed by atoms with E-state index in [1.54, 1.807) is 6.07 Å². The van der Waals surface area contributed by atoms with E-state index in [-0.39, 0.29) is 37.0 Å². The SMILES string of the molecule is CCCn1c(=O)c2sc(N3CCCC3)nc2n(CC(=O)NCc2ccc3c(c2)OCO3)c1=O. The molecule has 1 N–H and O–H groups in total. The number of aromatic nitrogens is 3. The molecule has 11 heteroatoms. The van der Waals surface area contributed by atoms with Crippen LogP contribution in [-0.4, -0.2) is 39.9 Å². The summed E-state index contributed by atoms with van der Waals surface area (Å²) in [7, 11) is 0. The normalized spacial score (nSPS) is 14.9. The van der Waals surface area contributed by atoms with Gasteiger partial charge in [-0.15, -0.1) is 0 Å². The fraction of sp³-hybridized carbons (Fsp3) is 0.455. The molecule has 2 aromatic heterocycles. The number of carbonyl (C=O) groups is 1. The number of anilines is 1. The number of benzene rings is 1. The average molecular weight is 472 g/mol. The number of hydrogen-bond acceptors (Lipinski definition) is 8. The van der Waals surface area contributed by atoms with E-state index in [1.165, 1.54) is 20.5 Å². The van der Waals surface area contributed by atoms with Crippen molar-refractivity contribution >= 4 is 32.7 Å². The molecule has 174 valence electrons. The Hall–Kier alpha value is -3.34. The number of fused-ring (bicyclic) bond motifs is 2. The maximum atomic E-state index is 13.1. The molecule has 0 unspecified atom stereocenters. The lowest BCUT2D eigenvalue weighted by Gasteiger charge is -2.12. The van der Waals surface area contributed by atoms with Crippen molar-refractivity contribution in [3.8, 4) is 11.5 Å². The van der Waals surface area contributed by atoms with Gasteiger partial charge in [-0.2, -0.15) is 0 Å². The van der Waals surface area contributed by atoms with Crippen molar-refractivity contribution in [1.29, 1.82) is 0 Å². The number of thiazole rings is 1. The van der Waals surface area contributed by atoms with Gasteiger partial charge < -0.3 is 19.7 Å². The summed E-state index contributed by atoms with van der Waals surface area (Å²) in [6.45, 7) is 4.20. The van der Waals surface area contributed by atoms with Crippen molar-refractivity contribution in [2.45, 2.75) is 45.8 Å². The second-order valence-corrected chi connectivity index (χ2v) is 9.11. The predicted molar refractivity (Wildman–Crippen MR) is 124 cm³/mol. The zero-order valence-corrected chi connectivity index (χ0v) is 19.2. The largest absolute Gasteiger partial charge is 0.454 e. The van der Waals surface area contributed by atoms with Gasteiger partial charge in [0.1, 0.15) is 11.2 Å². The van der Waals surface area contributed by atoms with E-state index in [0.29, 0.717) is 29.2 Å². The third-order valence-corrected chi connectivity index (χ3v) is 6.90. The fourth-order valence-electron chi connectivity index (χ4n) is 4.13. The molecule has 1 amide bonds. The summed E-state index contributed by atoms with van der Waals surface area (Å²) in [6.07, 6.45) is 2.78. The van der Waals surface area contributed by atoms with Crippen molar-refractivity contribution < 1.29 is 14.3 Å². The van der Waals surface area contributed by atoms with Gasteiger partial charge in [0, 0.05) is 26.2 Å². The summed E-state index contributed by atoms with van der Waals surface area (Å²) >= 11 is 1.30. The first-order valence-electron chi connectivity index (χ1n) is 11.1. The molecule has 2 aliphatic heterocycles. The minimum absolute atomic E-state index is 0.185. The van der Waals surface area contributed by atoms with Gasteiger partial charge in [0.15, 0.2) is 22.3 Å². The number of nitrogens with one attached hydrogen (secondary N) is 1. The molecule has 10 nitrogen and oxygen atoms in total. The number of nitrogens with zero attached hydrogens (tertiary/aromatic N) is 4. The molecule has 1 saturated heterocycles. The van der Waals surface area contributed by atoms with E-state index in [1.807, 2.05) is 19.1 Å². The van der Waals surface area contributed by atoms with Crippen molar-refractivity contribution in [3.05, 3.63) is 44.6 Å². The highest BCUT2D eigenvalue weighted by molar-refractivity contribution is 7.22. The summed E-state index contributed by atoms with van der Waals surface area (Å²) in [5, 5.41) is 3.57. The van der Waals surface area contributed by atoms with Gasteiger partial charge in [-0.25, -0.2) is 9.78 Å². The molecule has 2 aliphatic rings. The topological polar surface area (TPSA) is 108 Å². The molecule has 0 radical (unpaired) electrons. The molecular formula is C22H25N5O5S. The van der Waals surface area contributed by atoms with Gasteiger partial charge in [0.05, 0.1) is 0 Å². The predicted octanol–water partition coefficient (Wildman–Crippen LogP) is 1.67. The van der Waals surface area contributed by atoms with Crippen molar-refractivity contribution in [2.24, 2.45) is 0 Å². The molecule has 0 aliphatic carbocycles. The van der Waals surface area contributed by atoms with E-state index in [4.69, 9.17) is 9.47 Å². The Balaban J connectivity index is 1.42. The quantitative estimate of drug-likeness (QED) is 0.559. The highest BCUT2D eigenvalue weighted by Crippen LogP contribution is 2.32. The van der Waals surface area contributed by atoms with Crippen LogP contribution in [-0.2, 0) is 24.4 Å². The van der Waals surface area contributed by atoms with E-state index >= 15 is 0 Å². The highest BCUT2D eigenvalue weighted by atomic mass is 32.1. The Kier molecular flexibility index (Phi) is 5.79. The van der Waals surface area contributed by atoms with Crippen LogP contribution in [0.4, 0.5) is 5.13 Å². The van der Waals surface area contributed by atoms with Crippen LogP contribution in [0.1, 0.15) is 31.7 Å². The molecule has 33 heavy (non-hydrogen) atoms. The summed E-state index contributed by atoms with van der Waals surface area (Å²) < 4.78 is 13.6. The van der Waals surface area contributed by atoms with Crippen LogP contribution in [0.3, 0.4) is 0 Å². The highest BCUT2D eigenvalue weighted by Gasteiger charge is 2.23. The summed E-state index contributed by atoms with van der Waals surface area (Å²) in [4.78, 5) is 45.6. The Bertz CT molecular complexity index is 1320. The first-order valence-corrected chi connectivity index (χ1v) is 11.9. The molecule has 0 spiro atoms. The second kappa shape index (κ2) is 8.89. The molecular weight excluding hydrogens is 446 g/mol. The van der Waals surface area contributed by atoms with Gasteiger partial charge in [-0.3, -0.25) is 18.7 Å². The smallest absolute Gasteiger partial charge is 0.333 e. The van der Waals surface area contributed by atoms with Gasteiger partial charge in [0.25, 0.3) is 5.56 Å². The Morgan fingerprint density at radius 1 is 1.15 bits per heavy atom. The van der Waals surface area contributed by atoms with Crippen LogP contribution in [0.15, 0.2) is 27.8 Å². The maximum Gasteiger partial charge on any atom is 0.333 e. The average Bonchev–Trinajstić information content (AvgIpc) is 3.57. The Labute approximate surface area is 193 Å². The maximum absolute atomic E-state index is 13.1. The number of ether oxygens (including phenoxy) is 2. The molecule has 0 atom stereocenters. The molecule has 5 rings (SSSR count). The first-order chi connectivity index (χ1) is 16.0.